The normalized spacial score (nSPS) is 10.4. The van der Waals surface area contributed by atoms with Crippen LogP contribution in [0.1, 0.15) is 9.80 Å². The number of carbonyl (C=O) groups is 1. The van der Waals surface area contributed by atoms with Crippen molar-refractivity contribution in [3.05, 3.63) is 22.9 Å². The Labute approximate surface area is 83.7 Å². The second-order valence-corrected chi connectivity index (χ2v) is 3.59. The zero-order chi connectivity index (χ0) is 10.1. The van der Waals surface area contributed by atoms with Crippen LogP contribution in [0, 0.1) is 0 Å². The molecule has 0 amide bonds. The Morgan fingerprint density at radius 2 is 2.43 bits per heavy atom. The summed E-state index contributed by atoms with van der Waals surface area (Å²) in [5.74, 6) is -0.997. The van der Waals surface area contributed by atoms with E-state index >= 15 is 0 Å². The number of rotatable bonds is 2. The summed E-state index contributed by atoms with van der Waals surface area (Å²) in [5, 5.41) is 10.5. The number of hydrogen-bond donors (Lipinski definition) is 1. The molecule has 2 aromatic rings. The van der Waals surface area contributed by atoms with Gasteiger partial charge >= 0.3 is 5.97 Å². The number of nitrogens with zero attached hydrogens (tertiary/aromatic N) is 3. The summed E-state index contributed by atoms with van der Waals surface area (Å²) < 4.78 is 1.79. The van der Waals surface area contributed by atoms with Gasteiger partial charge < -0.3 is 9.67 Å². The van der Waals surface area contributed by atoms with Gasteiger partial charge in [-0.2, -0.15) is 0 Å². The number of aromatic carboxylic acids is 1. The molecule has 2 heterocycles. The van der Waals surface area contributed by atoms with Gasteiger partial charge in [0.05, 0.1) is 18.2 Å². The minimum Gasteiger partial charge on any atom is -0.476 e. The fourth-order valence-corrected chi connectivity index (χ4v) is 1.74. The number of carboxylic acid groups (broad SMARTS) is 1. The molecular weight excluding hydrogens is 202 g/mol. The molecule has 72 valence electrons. The summed E-state index contributed by atoms with van der Waals surface area (Å²) in [7, 11) is 1.84. The molecule has 2 aromatic heterocycles. The van der Waals surface area contributed by atoms with Gasteiger partial charge in [-0.3, -0.25) is 0 Å². The highest BCUT2D eigenvalue weighted by molar-refractivity contribution is 7.11. The van der Waals surface area contributed by atoms with Crippen LogP contribution in [-0.2, 0) is 7.05 Å². The van der Waals surface area contributed by atoms with Gasteiger partial charge in [-0.05, 0) is 0 Å². The monoisotopic (exact) mass is 209 g/mol. The van der Waals surface area contributed by atoms with E-state index in [1.165, 1.54) is 0 Å². The van der Waals surface area contributed by atoms with Gasteiger partial charge in [0, 0.05) is 12.4 Å². The zero-order valence-electron chi connectivity index (χ0n) is 7.34. The van der Waals surface area contributed by atoms with Crippen molar-refractivity contribution in [1.82, 2.24) is 14.5 Å². The molecule has 0 saturated heterocycles. The van der Waals surface area contributed by atoms with Crippen molar-refractivity contribution < 1.29 is 9.90 Å². The molecule has 5 nitrogen and oxygen atoms in total. The van der Waals surface area contributed by atoms with Gasteiger partial charge in [-0.1, -0.05) is 0 Å². The van der Waals surface area contributed by atoms with E-state index < -0.39 is 5.97 Å². The molecule has 0 radical (unpaired) electrons. The molecule has 0 saturated carbocycles. The van der Waals surface area contributed by atoms with Crippen LogP contribution < -0.4 is 0 Å². The molecule has 0 aromatic carbocycles. The van der Waals surface area contributed by atoms with Crippen LogP contribution >= 0.6 is 11.3 Å². The smallest absolute Gasteiger partial charge is 0.365 e. The van der Waals surface area contributed by atoms with Gasteiger partial charge in [0.1, 0.15) is 5.69 Å². The third kappa shape index (κ3) is 1.39. The molecule has 0 aliphatic rings. The highest BCUT2D eigenvalue weighted by atomic mass is 32.1. The predicted molar refractivity (Wildman–Crippen MR) is 51.3 cm³/mol. The summed E-state index contributed by atoms with van der Waals surface area (Å²) in [4.78, 5) is 18.5. The molecule has 0 bridgehead atoms. The summed E-state index contributed by atoms with van der Waals surface area (Å²) >= 11 is 1.11. The third-order valence-corrected chi connectivity index (χ3v) is 2.60. The maximum atomic E-state index is 10.6. The van der Waals surface area contributed by atoms with Crippen LogP contribution in [0.15, 0.2) is 17.9 Å². The van der Waals surface area contributed by atoms with Crippen molar-refractivity contribution in [2.24, 2.45) is 7.05 Å². The Hall–Kier alpha value is -1.69. The maximum Gasteiger partial charge on any atom is 0.365 e. The van der Waals surface area contributed by atoms with E-state index in [0.717, 1.165) is 17.0 Å². The van der Waals surface area contributed by atoms with E-state index in [1.807, 2.05) is 7.05 Å². The lowest BCUT2D eigenvalue weighted by Gasteiger charge is -1.95. The highest BCUT2D eigenvalue weighted by Crippen LogP contribution is 2.20. The van der Waals surface area contributed by atoms with Gasteiger partial charge in [0.2, 0.25) is 5.01 Å². The number of imidazole rings is 1. The maximum absolute atomic E-state index is 10.6. The Morgan fingerprint density at radius 1 is 1.64 bits per heavy atom. The predicted octanol–water partition coefficient (Wildman–Crippen LogP) is 1.24. The van der Waals surface area contributed by atoms with Gasteiger partial charge in [0.15, 0.2) is 0 Å². The number of thiazole rings is 1. The van der Waals surface area contributed by atoms with E-state index in [2.05, 4.69) is 9.97 Å². The van der Waals surface area contributed by atoms with Crippen molar-refractivity contribution >= 4 is 17.3 Å². The first-order valence-corrected chi connectivity index (χ1v) is 4.72. The van der Waals surface area contributed by atoms with Crippen LogP contribution in [0.3, 0.4) is 0 Å². The topological polar surface area (TPSA) is 68.0 Å². The third-order valence-electron chi connectivity index (χ3n) is 1.77. The SMILES string of the molecule is Cn1cncc1-c1csc(C(=O)O)n1. The largest absolute Gasteiger partial charge is 0.476 e. The average molecular weight is 209 g/mol. The first kappa shape index (κ1) is 8.89. The standard InChI is InChI=1S/C8H7N3O2S/c1-11-4-9-2-6(11)5-3-14-7(10-5)8(12)13/h2-4H,1H3,(H,12,13). The lowest BCUT2D eigenvalue weighted by Crippen LogP contribution is -1.95. The van der Waals surface area contributed by atoms with E-state index in [9.17, 15) is 4.79 Å². The minimum absolute atomic E-state index is 0.0983. The summed E-state index contributed by atoms with van der Waals surface area (Å²) in [6.07, 6.45) is 3.30. The summed E-state index contributed by atoms with van der Waals surface area (Å²) in [5.41, 5.74) is 1.46. The summed E-state index contributed by atoms with van der Waals surface area (Å²) in [6, 6.07) is 0. The molecule has 0 spiro atoms. The number of aromatic nitrogens is 3. The molecule has 14 heavy (non-hydrogen) atoms. The van der Waals surface area contributed by atoms with E-state index in [-0.39, 0.29) is 5.01 Å². The van der Waals surface area contributed by atoms with Crippen LogP contribution in [0.4, 0.5) is 0 Å². The van der Waals surface area contributed by atoms with Crippen molar-refractivity contribution in [1.29, 1.82) is 0 Å². The molecule has 2 rings (SSSR count). The van der Waals surface area contributed by atoms with Gasteiger partial charge in [-0.15, -0.1) is 11.3 Å². The fourth-order valence-electron chi connectivity index (χ4n) is 1.09. The second kappa shape index (κ2) is 3.22. The Morgan fingerprint density at radius 3 is 2.93 bits per heavy atom. The van der Waals surface area contributed by atoms with Gasteiger partial charge in [-0.25, -0.2) is 14.8 Å². The van der Waals surface area contributed by atoms with Gasteiger partial charge in [0.25, 0.3) is 0 Å². The fraction of sp³-hybridized carbons (Fsp3) is 0.125. The molecule has 0 aliphatic carbocycles. The molecule has 0 fully saturated rings. The first-order valence-electron chi connectivity index (χ1n) is 3.84. The molecule has 0 aliphatic heterocycles. The van der Waals surface area contributed by atoms with Crippen LogP contribution in [0.2, 0.25) is 0 Å². The number of aryl methyl sites for hydroxylation is 1. The van der Waals surface area contributed by atoms with E-state index in [0.29, 0.717) is 5.69 Å². The Balaban J connectivity index is 2.43. The molecule has 0 atom stereocenters. The second-order valence-electron chi connectivity index (χ2n) is 2.73. The van der Waals surface area contributed by atoms with Crippen molar-refractivity contribution in [2.75, 3.05) is 0 Å². The first-order chi connectivity index (χ1) is 6.68. The van der Waals surface area contributed by atoms with E-state index in [4.69, 9.17) is 5.11 Å². The minimum atomic E-state index is -0.997. The Bertz CT molecular complexity index is 474. The average Bonchev–Trinajstić information content (AvgIpc) is 2.71. The lowest BCUT2D eigenvalue weighted by molar-refractivity contribution is 0.0696. The number of carboxylic acids is 1. The molecule has 1 N–H and O–H groups in total. The highest BCUT2D eigenvalue weighted by Gasteiger charge is 2.11. The molecular formula is C8H7N3O2S. The van der Waals surface area contributed by atoms with Crippen LogP contribution in [0.25, 0.3) is 11.4 Å². The Kier molecular flexibility index (Phi) is 2.05. The lowest BCUT2D eigenvalue weighted by atomic mass is 10.4. The van der Waals surface area contributed by atoms with Crippen molar-refractivity contribution in [2.45, 2.75) is 0 Å². The quantitative estimate of drug-likeness (QED) is 0.808. The molecule has 0 unspecified atom stereocenters. The molecule has 6 heteroatoms. The summed E-state index contributed by atoms with van der Waals surface area (Å²) in [6.45, 7) is 0. The van der Waals surface area contributed by atoms with Crippen LogP contribution in [0.5, 0.6) is 0 Å². The van der Waals surface area contributed by atoms with E-state index in [1.54, 1.807) is 22.5 Å². The van der Waals surface area contributed by atoms with Crippen molar-refractivity contribution in [3.63, 3.8) is 0 Å². The number of hydrogen-bond acceptors (Lipinski definition) is 4. The zero-order valence-corrected chi connectivity index (χ0v) is 8.15. The van der Waals surface area contributed by atoms with Crippen molar-refractivity contribution in [3.8, 4) is 11.4 Å². The van der Waals surface area contributed by atoms with Crippen LogP contribution in [-0.4, -0.2) is 25.6 Å².